The van der Waals surface area contributed by atoms with Crippen LogP contribution in [-0.2, 0) is 23.8 Å². The Morgan fingerprint density at radius 1 is 1.69 bits per heavy atom. The minimum atomic E-state index is -0.809. The smallest absolute Gasteiger partial charge is 0.335 e. The van der Waals surface area contributed by atoms with E-state index in [1.54, 1.807) is 6.92 Å². The first-order valence-electron chi connectivity index (χ1n) is 4.02. The van der Waals surface area contributed by atoms with Gasteiger partial charge in [-0.1, -0.05) is 0 Å². The summed E-state index contributed by atoms with van der Waals surface area (Å²) in [5.74, 6) is -0.973. The van der Waals surface area contributed by atoms with Crippen molar-refractivity contribution in [1.82, 2.24) is 0 Å². The molecule has 0 aliphatic carbocycles. The van der Waals surface area contributed by atoms with Crippen LogP contribution in [0.5, 0.6) is 0 Å². The molecule has 0 aromatic carbocycles. The molecule has 2 atom stereocenters. The van der Waals surface area contributed by atoms with E-state index in [4.69, 9.17) is 9.47 Å². The lowest BCUT2D eigenvalue weighted by Gasteiger charge is -2.25. The molecule has 1 aliphatic rings. The molecule has 1 rings (SSSR count). The van der Waals surface area contributed by atoms with Crippen LogP contribution in [0.3, 0.4) is 0 Å². The molecule has 0 N–H and O–H groups in total. The number of cyclic esters (lactones) is 1. The average Bonchev–Trinajstić information content (AvgIpc) is 2.11. The van der Waals surface area contributed by atoms with Gasteiger partial charge in [0.25, 0.3) is 0 Å². The monoisotopic (exact) mass is 188 g/mol. The fourth-order valence-corrected chi connectivity index (χ4v) is 1.03. The third-order valence-electron chi connectivity index (χ3n) is 1.70. The summed E-state index contributed by atoms with van der Waals surface area (Å²) in [4.78, 5) is 21.9. The lowest BCUT2D eigenvalue weighted by atomic mass is 10.2. The van der Waals surface area contributed by atoms with Crippen molar-refractivity contribution in [2.75, 3.05) is 13.7 Å². The quantitative estimate of drug-likeness (QED) is 0.565. The Morgan fingerprint density at radius 3 is 3.00 bits per heavy atom. The van der Waals surface area contributed by atoms with Gasteiger partial charge in [0, 0.05) is 0 Å². The SMILES string of the molecule is COC(=O)CC1OC(C)COC1=O. The van der Waals surface area contributed by atoms with Crippen molar-refractivity contribution < 1.29 is 23.8 Å². The molecule has 5 nitrogen and oxygen atoms in total. The minimum Gasteiger partial charge on any atom is -0.469 e. The van der Waals surface area contributed by atoms with E-state index in [0.717, 1.165) is 0 Å². The second kappa shape index (κ2) is 4.23. The Hall–Kier alpha value is -1.10. The molecule has 1 aliphatic heterocycles. The van der Waals surface area contributed by atoms with Crippen molar-refractivity contribution in [3.8, 4) is 0 Å². The van der Waals surface area contributed by atoms with Gasteiger partial charge in [0.1, 0.15) is 6.61 Å². The lowest BCUT2D eigenvalue weighted by Crippen LogP contribution is -2.40. The lowest BCUT2D eigenvalue weighted by molar-refractivity contribution is -0.185. The number of ether oxygens (including phenoxy) is 3. The molecule has 1 heterocycles. The van der Waals surface area contributed by atoms with Crippen molar-refractivity contribution in [3.63, 3.8) is 0 Å². The summed E-state index contributed by atoms with van der Waals surface area (Å²) in [7, 11) is 1.26. The third kappa shape index (κ3) is 2.69. The molecule has 1 saturated heterocycles. The van der Waals surface area contributed by atoms with Crippen molar-refractivity contribution >= 4 is 11.9 Å². The van der Waals surface area contributed by atoms with Crippen LogP contribution in [0, 0.1) is 0 Å². The molecule has 5 heteroatoms. The van der Waals surface area contributed by atoms with Crippen molar-refractivity contribution in [3.05, 3.63) is 0 Å². The summed E-state index contributed by atoms with van der Waals surface area (Å²) < 4.78 is 14.4. The highest BCUT2D eigenvalue weighted by Gasteiger charge is 2.31. The Morgan fingerprint density at radius 2 is 2.38 bits per heavy atom. The largest absolute Gasteiger partial charge is 0.469 e. The average molecular weight is 188 g/mol. The van der Waals surface area contributed by atoms with Crippen LogP contribution in [0.1, 0.15) is 13.3 Å². The van der Waals surface area contributed by atoms with Gasteiger partial charge in [0.15, 0.2) is 6.10 Å². The standard InChI is InChI=1S/C8H12O5/c1-5-4-12-8(10)6(13-5)3-7(9)11-2/h5-6H,3-4H2,1-2H3. The van der Waals surface area contributed by atoms with Gasteiger partial charge >= 0.3 is 11.9 Å². The predicted molar refractivity (Wildman–Crippen MR) is 41.9 cm³/mol. The maximum absolute atomic E-state index is 11.0. The number of carbonyl (C=O) groups is 2. The van der Waals surface area contributed by atoms with E-state index in [2.05, 4.69) is 4.74 Å². The predicted octanol–water partition coefficient (Wildman–Crippen LogP) is -0.120. The van der Waals surface area contributed by atoms with E-state index in [1.165, 1.54) is 7.11 Å². The van der Waals surface area contributed by atoms with Gasteiger partial charge < -0.3 is 14.2 Å². The van der Waals surface area contributed by atoms with E-state index >= 15 is 0 Å². The first kappa shape index (κ1) is 9.98. The summed E-state index contributed by atoms with van der Waals surface area (Å²) in [5, 5.41) is 0. The van der Waals surface area contributed by atoms with Crippen LogP contribution < -0.4 is 0 Å². The molecular weight excluding hydrogens is 176 g/mol. The van der Waals surface area contributed by atoms with Crippen LogP contribution in [0.15, 0.2) is 0 Å². The molecule has 0 saturated carbocycles. The van der Waals surface area contributed by atoms with Crippen LogP contribution in [0.25, 0.3) is 0 Å². The first-order valence-corrected chi connectivity index (χ1v) is 4.02. The van der Waals surface area contributed by atoms with Crippen molar-refractivity contribution in [1.29, 1.82) is 0 Å². The second-order valence-electron chi connectivity index (χ2n) is 2.85. The van der Waals surface area contributed by atoms with Gasteiger partial charge in [-0.15, -0.1) is 0 Å². The highest BCUT2D eigenvalue weighted by Crippen LogP contribution is 2.12. The van der Waals surface area contributed by atoms with Crippen molar-refractivity contribution in [2.24, 2.45) is 0 Å². The fourth-order valence-electron chi connectivity index (χ4n) is 1.03. The molecule has 74 valence electrons. The summed E-state index contributed by atoms with van der Waals surface area (Å²) >= 11 is 0. The molecule has 1 fully saturated rings. The Kier molecular flexibility index (Phi) is 3.25. The zero-order valence-corrected chi connectivity index (χ0v) is 7.61. The van der Waals surface area contributed by atoms with Gasteiger partial charge in [-0.25, -0.2) is 4.79 Å². The molecular formula is C8H12O5. The molecule has 0 spiro atoms. The van der Waals surface area contributed by atoms with E-state index < -0.39 is 18.0 Å². The van der Waals surface area contributed by atoms with Gasteiger partial charge in [0.2, 0.25) is 0 Å². The van der Waals surface area contributed by atoms with E-state index in [1.807, 2.05) is 0 Å². The first-order chi connectivity index (χ1) is 6.13. The molecule has 0 aromatic rings. The van der Waals surface area contributed by atoms with Crippen LogP contribution in [0.4, 0.5) is 0 Å². The zero-order chi connectivity index (χ0) is 9.84. The summed E-state index contributed by atoms with van der Waals surface area (Å²) in [6.07, 6.45) is -1.05. The number of hydrogen-bond acceptors (Lipinski definition) is 5. The van der Waals surface area contributed by atoms with Crippen molar-refractivity contribution in [2.45, 2.75) is 25.6 Å². The highest BCUT2D eigenvalue weighted by atomic mass is 16.6. The number of esters is 2. The number of hydrogen-bond donors (Lipinski definition) is 0. The number of carbonyl (C=O) groups excluding carboxylic acids is 2. The van der Waals surface area contributed by atoms with Gasteiger partial charge in [-0.3, -0.25) is 4.79 Å². The summed E-state index contributed by atoms with van der Waals surface area (Å²) in [6.45, 7) is 2.02. The molecule has 13 heavy (non-hydrogen) atoms. The molecule has 2 unspecified atom stereocenters. The van der Waals surface area contributed by atoms with E-state index in [-0.39, 0.29) is 19.1 Å². The summed E-state index contributed by atoms with van der Waals surface area (Å²) in [5.41, 5.74) is 0. The van der Waals surface area contributed by atoms with Gasteiger partial charge in [0.05, 0.1) is 19.6 Å². The van der Waals surface area contributed by atoms with Crippen LogP contribution in [0.2, 0.25) is 0 Å². The maximum Gasteiger partial charge on any atom is 0.335 e. The summed E-state index contributed by atoms with van der Waals surface area (Å²) in [6, 6.07) is 0. The Balaban J connectivity index is 2.46. The minimum absolute atomic E-state index is 0.0837. The van der Waals surface area contributed by atoms with E-state index in [0.29, 0.717) is 0 Å². The highest BCUT2D eigenvalue weighted by molar-refractivity contribution is 5.82. The molecule has 0 aromatic heterocycles. The van der Waals surface area contributed by atoms with Gasteiger partial charge in [-0.2, -0.15) is 0 Å². The molecule has 0 radical (unpaired) electrons. The number of methoxy groups -OCH3 is 1. The second-order valence-corrected chi connectivity index (χ2v) is 2.85. The van der Waals surface area contributed by atoms with Crippen LogP contribution in [-0.4, -0.2) is 37.9 Å². The Bertz CT molecular complexity index is 213. The van der Waals surface area contributed by atoms with Gasteiger partial charge in [-0.05, 0) is 6.92 Å². The van der Waals surface area contributed by atoms with E-state index in [9.17, 15) is 9.59 Å². The number of rotatable bonds is 2. The Labute approximate surface area is 76.0 Å². The molecule has 0 amide bonds. The maximum atomic E-state index is 11.0. The zero-order valence-electron chi connectivity index (χ0n) is 7.61. The third-order valence-corrected chi connectivity index (χ3v) is 1.70. The fraction of sp³-hybridized carbons (Fsp3) is 0.750. The topological polar surface area (TPSA) is 61.8 Å². The molecule has 0 bridgehead atoms. The van der Waals surface area contributed by atoms with Crippen LogP contribution >= 0.6 is 0 Å². The normalized spacial score (nSPS) is 28.0.